The summed E-state index contributed by atoms with van der Waals surface area (Å²) in [5.74, 6) is 0. The molecule has 1 aromatic rings. The molecule has 1 aliphatic heterocycles. The first-order valence-electron chi connectivity index (χ1n) is 6.64. The number of likely N-dealkylation sites (tertiary alicyclic amines) is 1. The Morgan fingerprint density at radius 1 is 1.47 bits per heavy atom. The molecule has 0 aliphatic carbocycles. The second-order valence-corrected chi connectivity index (χ2v) is 5.83. The number of piperidine rings is 1. The Bertz CT molecular complexity index is 329. The summed E-state index contributed by atoms with van der Waals surface area (Å²) < 4.78 is 0. The first-order chi connectivity index (χ1) is 8.28. The standard InChI is InChI=1S/C13H23N3S/c1-3-16-8-5-12(6-9-16)14-7-4-13-10-17-11(2)15-13/h10,12,14H,3-9H2,1-2H3. The molecule has 0 atom stereocenters. The maximum Gasteiger partial charge on any atom is 0.0897 e. The van der Waals surface area contributed by atoms with Crippen LogP contribution in [0.4, 0.5) is 0 Å². The van der Waals surface area contributed by atoms with Crippen molar-refractivity contribution < 1.29 is 0 Å². The Labute approximate surface area is 108 Å². The van der Waals surface area contributed by atoms with Crippen molar-refractivity contribution in [3.63, 3.8) is 0 Å². The molecule has 1 fully saturated rings. The van der Waals surface area contributed by atoms with Crippen LogP contribution in [0.25, 0.3) is 0 Å². The number of hydrogen-bond donors (Lipinski definition) is 1. The molecule has 0 radical (unpaired) electrons. The highest BCUT2D eigenvalue weighted by Crippen LogP contribution is 2.11. The number of nitrogens with zero attached hydrogens (tertiary/aromatic N) is 2. The van der Waals surface area contributed by atoms with Gasteiger partial charge in [-0.15, -0.1) is 11.3 Å². The Balaban J connectivity index is 1.63. The molecule has 0 aromatic carbocycles. The Morgan fingerprint density at radius 2 is 2.24 bits per heavy atom. The molecule has 2 rings (SSSR count). The molecule has 1 saturated heterocycles. The van der Waals surface area contributed by atoms with E-state index in [-0.39, 0.29) is 0 Å². The van der Waals surface area contributed by atoms with Gasteiger partial charge in [0.2, 0.25) is 0 Å². The maximum atomic E-state index is 4.49. The zero-order valence-corrected chi connectivity index (χ0v) is 11.7. The normalized spacial score (nSPS) is 18.7. The van der Waals surface area contributed by atoms with E-state index in [1.807, 2.05) is 0 Å². The van der Waals surface area contributed by atoms with E-state index in [1.54, 1.807) is 11.3 Å². The predicted molar refractivity (Wildman–Crippen MR) is 73.7 cm³/mol. The van der Waals surface area contributed by atoms with Crippen LogP contribution in [-0.4, -0.2) is 42.1 Å². The van der Waals surface area contributed by atoms with E-state index in [0.29, 0.717) is 0 Å². The predicted octanol–water partition coefficient (Wildman–Crippen LogP) is 2.07. The fraction of sp³-hybridized carbons (Fsp3) is 0.769. The van der Waals surface area contributed by atoms with Crippen LogP contribution in [0.15, 0.2) is 5.38 Å². The van der Waals surface area contributed by atoms with Gasteiger partial charge in [0.15, 0.2) is 0 Å². The minimum absolute atomic E-state index is 0.720. The van der Waals surface area contributed by atoms with Crippen LogP contribution in [0.5, 0.6) is 0 Å². The van der Waals surface area contributed by atoms with Gasteiger partial charge in [0, 0.05) is 24.4 Å². The third kappa shape index (κ3) is 4.05. The molecule has 1 N–H and O–H groups in total. The second kappa shape index (κ2) is 6.47. The third-order valence-corrected chi connectivity index (χ3v) is 4.34. The van der Waals surface area contributed by atoms with Crippen LogP contribution in [0.3, 0.4) is 0 Å². The average Bonchev–Trinajstić information content (AvgIpc) is 2.76. The molecule has 1 aromatic heterocycles. The van der Waals surface area contributed by atoms with E-state index in [0.717, 1.165) is 19.0 Å². The summed E-state index contributed by atoms with van der Waals surface area (Å²) in [5.41, 5.74) is 1.24. The zero-order chi connectivity index (χ0) is 12.1. The molecule has 0 spiro atoms. The monoisotopic (exact) mass is 253 g/mol. The van der Waals surface area contributed by atoms with Crippen molar-refractivity contribution >= 4 is 11.3 Å². The summed E-state index contributed by atoms with van der Waals surface area (Å²) in [6.45, 7) is 9.10. The Morgan fingerprint density at radius 3 is 2.82 bits per heavy atom. The summed E-state index contributed by atoms with van der Waals surface area (Å²) in [6.07, 6.45) is 3.66. The smallest absolute Gasteiger partial charge is 0.0897 e. The Kier molecular flexibility index (Phi) is 4.95. The zero-order valence-electron chi connectivity index (χ0n) is 10.9. The number of thiazole rings is 1. The van der Waals surface area contributed by atoms with Crippen LogP contribution < -0.4 is 5.32 Å². The summed E-state index contributed by atoms with van der Waals surface area (Å²) in [5, 5.41) is 7.02. The molecule has 4 heteroatoms. The van der Waals surface area contributed by atoms with E-state index in [9.17, 15) is 0 Å². The van der Waals surface area contributed by atoms with Gasteiger partial charge < -0.3 is 10.2 Å². The number of aromatic nitrogens is 1. The van der Waals surface area contributed by atoms with Gasteiger partial charge in [-0.2, -0.15) is 0 Å². The van der Waals surface area contributed by atoms with E-state index in [4.69, 9.17) is 0 Å². The van der Waals surface area contributed by atoms with Crippen molar-refractivity contribution in [3.8, 4) is 0 Å². The number of nitrogens with one attached hydrogen (secondary N) is 1. The lowest BCUT2D eigenvalue weighted by Gasteiger charge is -2.31. The van der Waals surface area contributed by atoms with Gasteiger partial charge in [0.1, 0.15) is 0 Å². The van der Waals surface area contributed by atoms with Crippen LogP contribution in [-0.2, 0) is 6.42 Å². The van der Waals surface area contributed by atoms with Crippen LogP contribution >= 0.6 is 11.3 Å². The highest BCUT2D eigenvalue weighted by molar-refractivity contribution is 7.09. The third-order valence-electron chi connectivity index (χ3n) is 3.52. The number of hydrogen-bond acceptors (Lipinski definition) is 4. The van der Waals surface area contributed by atoms with Gasteiger partial charge >= 0.3 is 0 Å². The summed E-state index contributed by atoms with van der Waals surface area (Å²) >= 11 is 1.75. The maximum absolute atomic E-state index is 4.49. The molecule has 17 heavy (non-hydrogen) atoms. The van der Waals surface area contributed by atoms with Gasteiger partial charge in [-0.25, -0.2) is 4.98 Å². The van der Waals surface area contributed by atoms with Gasteiger partial charge in [0.25, 0.3) is 0 Å². The Hall–Kier alpha value is -0.450. The first-order valence-corrected chi connectivity index (χ1v) is 7.52. The molecule has 0 bridgehead atoms. The van der Waals surface area contributed by atoms with E-state index in [2.05, 4.69) is 34.4 Å². The van der Waals surface area contributed by atoms with Crippen LogP contribution in [0.2, 0.25) is 0 Å². The topological polar surface area (TPSA) is 28.2 Å². The highest BCUT2D eigenvalue weighted by atomic mass is 32.1. The molecule has 0 unspecified atom stereocenters. The molecular formula is C13H23N3S. The van der Waals surface area contributed by atoms with Gasteiger partial charge in [0.05, 0.1) is 10.7 Å². The molecule has 0 saturated carbocycles. The fourth-order valence-corrected chi connectivity index (χ4v) is 3.03. The molecule has 1 aliphatic rings. The molecule has 2 heterocycles. The summed E-state index contributed by atoms with van der Waals surface area (Å²) in [4.78, 5) is 7.02. The lowest BCUT2D eigenvalue weighted by atomic mass is 10.1. The molecule has 0 amide bonds. The SMILES string of the molecule is CCN1CCC(NCCc2csc(C)n2)CC1. The highest BCUT2D eigenvalue weighted by Gasteiger charge is 2.16. The van der Waals surface area contributed by atoms with Crippen molar-refractivity contribution in [1.29, 1.82) is 0 Å². The lowest BCUT2D eigenvalue weighted by Crippen LogP contribution is -2.42. The van der Waals surface area contributed by atoms with Crippen molar-refractivity contribution in [3.05, 3.63) is 16.1 Å². The molecule has 96 valence electrons. The quantitative estimate of drug-likeness (QED) is 0.871. The molecular weight excluding hydrogens is 230 g/mol. The van der Waals surface area contributed by atoms with Crippen molar-refractivity contribution in [1.82, 2.24) is 15.2 Å². The second-order valence-electron chi connectivity index (χ2n) is 4.77. The molecule has 3 nitrogen and oxygen atoms in total. The minimum atomic E-state index is 0.720. The van der Waals surface area contributed by atoms with E-state index < -0.39 is 0 Å². The van der Waals surface area contributed by atoms with Crippen LogP contribution in [0.1, 0.15) is 30.5 Å². The van der Waals surface area contributed by atoms with Gasteiger partial charge in [-0.1, -0.05) is 6.92 Å². The van der Waals surface area contributed by atoms with Crippen molar-refractivity contribution in [2.45, 2.75) is 39.2 Å². The van der Waals surface area contributed by atoms with Crippen molar-refractivity contribution in [2.75, 3.05) is 26.2 Å². The van der Waals surface area contributed by atoms with Gasteiger partial charge in [-0.3, -0.25) is 0 Å². The number of aryl methyl sites for hydroxylation is 1. The summed E-state index contributed by atoms with van der Waals surface area (Å²) in [6, 6.07) is 0.720. The summed E-state index contributed by atoms with van der Waals surface area (Å²) in [7, 11) is 0. The largest absolute Gasteiger partial charge is 0.313 e. The average molecular weight is 253 g/mol. The van der Waals surface area contributed by atoms with Gasteiger partial charge in [-0.05, 0) is 39.4 Å². The fourth-order valence-electron chi connectivity index (χ4n) is 2.38. The van der Waals surface area contributed by atoms with Crippen molar-refractivity contribution in [2.24, 2.45) is 0 Å². The van der Waals surface area contributed by atoms with Crippen LogP contribution in [0, 0.1) is 6.92 Å². The minimum Gasteiger partial charge on any atom is -0.313 e. The number of rotatable bonds is 5. The van der Waals surface area contributed by atoms with E-state index >= 15 is 0 Å². The van der Waals surface area contributed by atoms with E-state index in [1.165, 1.54) is 43.2 Å². The first kappa shape index (κ1) is 13.0. The lowest BCUT2D eigenvalue weighted by molar-refractivity contribution is 0.207.